The minimum absolute atomic E-state index is 0.0415. The molecule has 0 aliphatic rings. The van der Waals surface area contributed by atoms with Crippen molar-refractivity contribution in [3.63, 3.8) is 0 Å². The van der Waals surface area contributed by atoms with Crippen molar-refractivity contribution in [2.75, 3.05) is 12.4 Å². The maximum absolute atomic E-state index is 14.9. The largest absolute Gasteiger partial charge is 0.573 e. The number of rotatable bonds is 7. The van der Waals surface area contributed by atoms with Gasteiger partial charge in [-0.3, -0.25) is 14.6 Å². The number of aryl methyl sites for hydroxylation is 1. The fourth-order valence-corrected chi connectivity index (χ4v) is 2.82. The molecule has 2 aromatic carbocycles. The number of nitrogens with one attached hydrogen (secondary N) is 1. The quantitative estimate of drug-likeness (QED) is 0.477. The van der Waals surface area contributed by atoms with Crippen LogP contribution in [0.2, 0.25) is 0 Å². The molecule has 178 valence electrons. The molecule has 1 heterocycles. The molecule has 1 aromatic heterocycles. The normalized spacial score (nSPS) is 12.7. The summed E-state index contributed by atoms with van der Waals surface area (Å²) in [6.45, 7) is 1.47. The summed E-state index contributed by atoms with van der Waals surface area (Å²) in [7, 11) is -3.10. The second kappa shape index (κ2) is 9.65. The molecule has 0 fully saturated rings. The Morgan fingerprint density at radius 3 is 2.53 bits per heavy atom. The lowest BCUT2D eigenvalue weighted by Crippen LogP contribution is -2.17. The van der Waals surface area contributed by atoms with Crippen molar-refractivity contribution >= 4 is 17.5 Å². The van der Waals surface area contributed by atoms with Crippen LogP contribution in [0, 0.1) is 12.7 Å². The maximum Gasteiger partial charge on any atom is 0.573 e. The van der Waals surface area contributed by atoms with E-state index in [0.29, 0.717) is 11.6 Å². The van der Waals surface area contributed by atoms with Crippen molar-refractivity contribution < 1.29 is 45.5 Å². The fourth-order valence-electron chi connectivity index (χ4n) is 2.82. The van der Waals surface area contributed by atoms with E-state index in [1.165, 1.54) is 25.3 Å². The van der Waals surface area contributed by atoms with E-state index in [1.54, 1.807) is 0 Å². The molecule has 12 heteroatoms. The Morgan fingerprint density at radius 2 is 1.85 bits per heavy atom. The van der Waals surface area contributed by atoms with E-state index in [1.807, 2.05) is 0 Å². The zero-order valence-electron chi connectivity index (χ0n) is 20.2. The predicted molar refractivity (Wildman–Crippen MR) is 112 cm³/mol. The average molecular weight is 482 g/mol. The highest BCUT2D eigenvalue weighted by Gasteiger charge is 2.31. The lowest BCUT2D eigenvalue weighted by molar-refractivity contribution is -0.274. The van der Waals surface area contributed by atoms with Gasteiger partial charge in [0.2, 0.25) is 0 Å². The number of ether oxygens (including phenoxy) is 3. The number of carbonyl (C=O) groups excluding carboxylic acids is 2. The minimum Gasteiger partial charge on any atom is -0.493 e. The third kappa shape index (κ3) is 5.91. The van der Waals surface area contributed by atoms with E-state index >= 15 is 0 Å². The highest BCUT2D eigenvalue weighted by atomic mass is 19.4. The van der Waals surface area contributed by atoms with Crippen LogP contribution in [0.3, 0.4) is 0 Å². The number of methoxy groups -OCH3 is 1. The van der Waals surface area contributed by atoms with Gasteiger partial charge in [-0.1, -0.05) is 0 Å². The Kier molecular flexibility index (Phi) is 5.75. The van der Waals surface area contributed by atoms with Crippen LogP contribution in [-0.4, -0.2) is 30.2 Å². The lowest BCUT2D eigenvalue weighted by atomic mass is 10.1. The summed E-state index contributed by atoms with van der Waals surface area (Å²) < 4.78 is 88.6. The number of carbonyl (C=O) groups is 2. The zero-order chi connectivity index (χ0) is 27.5. The van der Waals surface area contributed by atoms with Gasteiger partial charge in [-0.2, -0.15) is 0 Å². The van der Waals surface area contributed by atoms with E-state index < -0.39 is 59.6 Å². The monoisotopic (exact) mass is 482 g/mol. The number of hydrogen-bond donors (Lipinski definition) is 2. The van der Waals surface area contributed by atoms with Gasteiger partial charge in [0.25, 0.3) is 11.8 Å². The van der Waals surface area contributed by atoms with Gasteiger partial charge in [-0.05, 0) is 48.9 Å². The number of alkyl halides is 3. The molecule has 2 amide bonds. The number of hydrogen-bond acceptors (Lipinski definition) is 6. The molecule has 0 bridgehead atoms. The topological polar surface area (TPSA) is 113 Å². The van der Waals surface area contributed by atoms with Crippen LogP contribution in [0.5, 0.6) is 23.0 Å². The molecule has 0 unspecified atom stereocenters. The summed E-state index contributed by atoms with van der Waals surface area (Å²) >= 11 is 0. The fraction of sp³-hybridized carbons (Fsp3) is 0.136. The van der Waals surface area contributed by atoms with Crippen LogP contribution < -0.4 is 25.3 Å². The van der Waals surface area contributed by atoms with Crippen LogP contribution in [0.15, 0.2) is 48.7 Å². The summed E-state index contributed by atoms with van der Waals surface area (Å²) in [5, 5.41) is 2.35. The first-order chi connectivity index (χ1) is 17.1. The van der Waals surface area contributed by atoms with Crippen molar-refractivity contribution in [3.05, 3.63) is 71.3 Å². The summed E-state index contributed by atoms with van der Waals surface area (Å²) in [5.41, 5.74) is 4.68. The van der Waals surface area contributed by atoms with Gasteiger partial charge < -0.3 is 25.3 Å². The van der Waals surface area contributed by atoms with Crippen LogP contribution in [0.4, 0.5) is 23.2 Å². The van der Waals surface area contributed by atoms with Gasteiger partial charge in [-0.15, -0.1) is 13.2 Å². The first-order valence-electron chi connectivity index (χ1n) is 10.8. The summed E-state index contributed by atoms with van der Waals surface area (Å²) in [6, 6.07) is 7.02. The number of benzene rings is 2. The SMILES string of the molecule is [2H]C([2H])([2H])Oc1cc(OC(F)(F)F)ccc1Oc1cc(C)cc(F)c1C(=O)Nc1ccnc(C(N)=O)c1. The third-order valence-corrected chi connectivity index (χ3v) is 4.17. The lowest BCUT2D eigenvalue weighted by Gasteiger charge is -2.16. The van der Waals surface area contributed by atoms with E-state index in [-0.39, 0.29) is 11.4 Å². The number of amides is 2. The van der Waals surface area contributed by atoms with E-state index in [2.05, 4.69) is 15.0 Å². The highest BCUT2D eigenvalue weighted by molar-refractivity contribution is 6.07. The molecule has 0 saturated heterocycles. The molecule has 0 atom stereocenters. The third-order valence-electron chi connectivity index (χ3n) is 4.17. The average Bonchev–Trinajstić information content (AvgIpc) is 2.73. The molecule has 8 nitrogen and oxygen atoms in total. The van der Waals surface area contributed by atoms with Gasteiger partial charge in [0, 0.05) is 18.0 Å². The maximum atomic E-state index is 14.9. The summed E-state index contributed by atoms with van der Waals surface area (Å²) in [6.07, 6.45) is -3.90. The molecule has 0 radical (unpaired) electrons. The van der Waals surface area contributed by atoms with Crippen LogP contribution in [0.25, 0.3) is 0 Å². The van der Waals surface area contributed by atoms with Crippen molar-refractivity contribution in [1.29, 1.82) is 0 Å². The molecular weight excluding hydrogens is 462 g/mol. The standard InChI is InChI=1S/C22H17F4N3O5/c1-11-7-14(23)19(21(31)29-12-5-6-28-15(9-12)20(27)30)18(8-11)33-16-4-3-13(10-17(16)32-2)34-22(24,25)26/h3-10H,1-2H3,(H2,27,30)(H,28,29,31)/i2D3. The van der Waals surface area contributed by atoms with Gasteiger partial charge in [0.15, 0.2) is 11.5 Å². The Labute approximate surface area is 194 Å². The number of halogens is 4. The Hall–Kier alpha value is -4.35. The molecule has 0 aliphatic heterocycles. The second-order valence-corrected chi connectivity index (χ2v) is 6.73. The minimum atomic E-state index is -5.08. The van der Waals surface area contributed by atoms with Crippen molar-refractivity contribution in [2.24, 2.45) is 5.73 Å². The van der Waals surface area contributed by atoms with E-state index in [9.17, 15) is 27.2 Å². The molecule has 0 spiro atoms. The Bertz CT molecular complexity index is 1350. The zero-order valence-corrected chi connectivity index (χ0v) is 17.2. The van der Waals surface area contributed by atoms with Crippen LogP contribution in [0.1, 0.15) is 30.5 Å². The summed E-state index contributed by atoms with van der Waals surface area (Å²) in [5.74, 6) is -5.33. The molecule has 0 aliphatic carbocycles. The first kappa shape index (κ1) is 20.3. The van der Waals surface area contributed by atoms with Crippen molar-refractivity contribution in [3.8, 4) is 23.0 Å². The number of aromatic nitrogens is 1. The van der Waals surface area contributed by atoms with Crippen LogP contribution >= 0.6 is 0 Å². The molecule has 3 aromatic rings. The number of primary amides is 1. The van der Waals surface area contributed by atoms with Crippen molar-refractivity contribution in [1.82, 2.24) is 4.98 Å². The Balaban J connectivity index is 2.01. The first-order valence-corrected chi connectivity index (χ1v) is 9.25. The molecule has 3 rings (SSSR count). The molecule has 3 N–H and O–H groups in total. The number of pyridine rings is 1. The molecule has 34 heavy (non-hydrogen) atoms. The predicted octanol–water partition coefficient (Wildman–Crippen LogP) is 4.58. The van der Waals surface area contributed by atoms with Crippen molar-refractivity contribution in [2.45, 2.75) is 13.3 Å². The number of anilines is 1. The summed E-state index contributed by atoms with van der Waals surface area (Å²) in [4.78, 5) is 28.0. The Morgan fingerprint density at radius 1 is 1.09 bits per heavy atom. The number of nitrogens with zero attached hydrogens (tertiary/aromatic N) is 1. The van der Waals surface area contributed by atoms with Gasteiger partial charge in [0.1, 0.15) is 28.6 Å². The van der Waals surface area contributed by atoms with Gasteiger partial charge in [-0.25, -0.2) is 4.39 Å². The second-order valence-electron chi connectivity index (χ2n) is 6.73. The van der Waals surface area contributed by atoms with Gasteiger partial charge >= 0.3 is 6.36 Å². The smallest absolute Gasteiger partial charge is 0.493 e. The number of nitrogens with two attached hydrogens (primary N) is 1. The van der Waals surface area contributed by atoms with Crippen LogP contribution in [-0.2, 0) is 0 Å². The van der Waals surface area contributed by atoms with E-state index in [4.69, 9.17) is 19.3 Å². The molecule has 0 saturated carbocycles. The van der Waals surface area contributed by atoms with E-state index in [0.717, 1.165) is 24.3 Å². The highest BCUT2D eigenvalue weighted by Crippen LogP contribution is 2.38. The van der Waals surface area contributed by atoms with Gasteiger partial charge in [0.05, 0.1) is 11.2 Å². The molecular formula is C22H17F4N3O5.